The Morgan fingerprint density at radius 3 is 2.58 bits per heavy atom. The summed E-state index contributed by atoms with van der Waals surface area (Å²) in [6.45, 7) is 1.73. The number of methoxy groups -OCH3 is 1. The van der Waals surface area contributed by atoms with Gasteiger partial charge < -0.3 is 9.84 Å². The molecule has 1 unspecified atom stereocenters. The molecule has 2 nitrogen and oxygen atoms in total. The minimum atomic E-state index is -0.438. The minimum Gasteiger partial charge on any atom is -0.496 e. The zero-order chi connectivity index (χ0) is 9.14. The van der Waals surface area contributed by atoms with E-state index in [9.17, 15) is 5.11 Å². The van der Waals surface area contributed by atoms with Crippen molar-refractivity contribution >= 4 is 15.9 Å². The molecule has 66 valence electrons. The number of halogens is 1. The zero-order valence-electron chi connectivity index (χ0n) is 7.04. The van der Waals surface area contributed by atoms with Crippen molar-refractivity contribution in [2.24, 2.45) is 0 Å². The van der Waals surface area contributed by atoms with Crippen molar-refractivity contribution in [3.05, 3.63) is 28.2 Å². The highest BCUT2D eigenvalue weighted by atomic mass is 79.9. The van der Waals surface area contributed by atoms with Gasteiger partial charge in [0.1, 0.15) is 5.75 Å². The van der Waals surface area contributed by atoms with Crippen LogP contribution in [0.3, 0.4) is 0 Å². The summed E-state index contributed by atoms with van der Waals surface area (Å²) in [7, 11) is 1.61. The van der Waals surface area contributed by atoms with Gasteiger partial charge in [0.15, 0.2) is 0 Å². The van der Waals surface area contributed by atoms with Gasteiger partial charge >= 0.3 is 0 Å². The van der Waals surface area contributed by atoms with Crippen LogP contribution >= 0.6 is 15.9 Å². The van der Waals surface area contributed by atoms with Crippen LogP contribution in [-0.2, 0) is 0 Å². The number of aliphatic hydroxyl groups excluding tert-OH is 1. The molecule has 0 heterocycles. The quantitative estimate of drug-likeness (QED) is 0.847. The van der Waals surface area contributed by atoms with E-state index in [1.54, 1.807) is 14.0 Å². The van der Waals surface area contributed by atoms with Gasteiger partial charge in [0, 0.05) is 0 Å². The summed E-state index contributed by atoms with van der Waals surface area (Å²) < 4.78 is 5.92. The lowest BCUT2D eigenvalue weighted by Crippen LogP contribution is -1.92. The van der Waals surface area contributed by atoms with Gasteiger partial charge in [0.05, 0.1) is 17.7 Å². The molecule has 0 aliphatic heterocycles. The molecule has 0 amide bonds. The smallest absolute Gasteiger partial charge is 0.133 e. The van der Waals surface area contributed by atoms with E-state index in [4.69, 9.17) is 4.74 Å². The van der Waals surface area contributed by atoms with Gasteiger partial charge in [0.2, 0.25) is 0 Å². The predicted octanol–water partition coefficient (Wildman–Crippen LogP) is 2.51. The Bertz CT molecular complexity index is 271. The highest BCUT2D eigenvalue weighted by Gasteiger charge is 2.04. The third-order valence-electron chi connectivity index (χ3n) is 1.66. The number of aliphatic hydroxyl groups is 1. The van der Waals surface area contributed by atoms with E-state index in [0.717, 1.165) is 15.8 Å². The molecule has 0 saturated carbocycles. The van der Waals surface area contributed by atoms with Crippen LogP contribution in [0.15, 0.2) is 22.7 Å². The minimum absolute atomic E-state index is 0.438. The van der Waals surface area contributed by atoms with E-state index >= 15 is 0 Å². The second kappa shape index (κ2) is 3.92. The van der Waals surface area contributed by atoms with Gasteiger partial charge in [-0.2, -0.15) is 0 Å². The lowest BCUT2D eigenvalue weighted by atomic mass is 10.1. The van der Waals surface area contributed by atoms with Crippen LogP contribution in [0.4, 0.5) is 0 Å². The average molecular weight is 231 g/mol. The molecule has 1 aromatic rings. The summed E-state index contributed by atoms with van der Waals surface area (Å²) in [6, 6.07) is 5.52. The van der Waals surface area contributed by atoms with E-state index < -0.39 is 6.10 Å². The largest absolute Gasteiger partial charge is 0.496 e. The molecule has 12 heavy (non-hydrogen) atoms. The molecule has 1 atom stereocenters. The summed E-state index contributed by atoms with van der Waals surface area (Å²) in [6.07, 6.45) is -0.438. The molecule has 1 rings (SSSR count). The molecular formula is C9H11BrO2. The van der Waals surface area contributed by atoms with Crippen LogP contribution in [0.1, 0.15) is 18.6 Å². The molecule has 3 heteroatoms. The Hall–Kier alpha value is -0.540. The molecule has 1 N–H and O–H groups in total. The molecule has 0 aliphatic carbocycles. The first-order valence-electron chi connectivity index (χ1n) is 3.66. The average Bonchev–Trinajstić information content (AvgIpc) is 2.04. The molecule has 1 aromatic carbocycles. The Morgan fingerprint density at radius 2 is 2.17 bits per heavy atom. The molecule has 0 fully saturated rings. The van der Waals surface area contributed by atoms with Crippen molar-refractivity contribution in [2.45, 2.75) is 13.0 Å². The lowest BCUT2D eigenvalue weighted by molar-refractivity contribution is 0.199. The SMILES string of the molecule is COc1ccc(C(C)O)cc1Br. The van der Waals surface area contributed by atoms with Crippen molar-refractivity contribution in [3.8, 4) is 5.75 Å². The van der Waals surface area contributed by atoms with Crippen LogP contribution < -0.4 is 4.74 Å². The van der Waals surface area contributed by atoms with Crippen LogP contribution in [0.2, 0.25) is 0 Å². The van der Waals surface area contributed by atoms with Gasteiger partial charge in [-0.15, -0.1) is 0 Å². The molecule has 0 saturated heterocycles. The summed E-state index contributed by atoms with van der Waals surface area (Å²) in [5, 5.41) is 9.25. The van der Waals surface area contributed by atoms with Crippen LogP contribution in [0.5, 0.6) is 5.75 Å². The lowest BCUT2D eigenvalue weighted by Gasteiger charge is -2.07. The van der Waals surface area contributed by atoms with E-state index in [1.165, 1.54) is 0 Å². The molecule has 0 spiro atoms. The normalized spacial score (nSPS) is 12.7. The third kappa shape index (κ3) is 1.99. The fourth-order valence-electron chi connectivity index (χ4n) is 0.942. The highest BCUT2D eigenvalue weighted by molar-refractivity contribution is 9.10. The number of hydrogen-bond acceptors (Lipinski definition) is 2. The predicted molar refractivity (Wildman–Crippen MR) is 51.3 cm³/mol. The maximum Gasteiger partial charge on any atom is 0.133 e. The highest BCUT2D eigenvalue weighted by Crippen LogP contribution is 2.27. The van der Waals surface area contributed by atoms with Crippen molar-refractivity contribution in [1.82, 2.24) is 0 Å². The Balaban J connectivity index is 3.02. The maximum absolute atomic E-state index is 9.25. The first-order valence-corrected chi connectivity index (χ1v) is 4.46. The standard InChI is InChI=1S/C9H11BrO2/c1-6(11)7-3-4-9(12-2)8(10)5-7/h3-6,11H,1-2H3. The molecule has 0 aromatic heterocycles. The molecule has 0 bridgehead atoms. The zero-order valence-corrected chi connectivity index (χ0v) is 8.63. The van der Waals surface area contributed by atoms with E-state index in [0.29, 0.717) is 0 Å². The van der Waals surface area contributed by atoms with E-state index in [2.05, 4.69) is 15.9 Å². The van der Waals surface area contributed by atoms with Gasteiger partial charge in [0.25, 0.3) is 0 Å². The second-order valence-electron chi connectivity index (χ2n) is 2.57. The van der Waals surface area contributed by atoms with Gasteiger partial charge in [-0.1, -0.05) is 6.07 Å². The monoisotopic (exact) mass is 230 g/mol. The number of ether oxygens (including phenoxy) is 1. The number of hydrogen-bond donors (Lipinski definition) is 1. The van der Waals surface area contributed by atoms with Gasteiger partial charge in [-0.05, 0) is 40.5 Å². The van der Waals surface area contributed by atoms with Crippen LogP contribution in [0, 0.1) is 0 Å². The first kappa shape index (κ1) is 9.55. The molecule has 0 radical (unpaired) electrons. The Morgan fingerprint density at radius 1 is 1.50 bits per heavy atom. The summed E-state index contributed by atoms with van der Waals surface area (Å²) in [5.74, 6) is 0.777. The molecular weight excluding hydrogens is 220 g/mol. The maximum atomic E-state index is 9.25. The van der Waals surface area contributed by atoms with E-state index in [-0.39, 0.29) is 0 Å². The topological polar surface area (TPSA) is 29.5 Å². The Labute approximate surface area is 80.3 Å². The van der Waals surface area contributed by atoms with Gasteiger partial charge in [-0.25, -0.2) is 0 Å². The molecule has 0 aliphatic rings. The third-order valence-corrected chi connectivity index (χ3v) is 2.28. The fraction of sp³-hybridized carbons (Fsp3) is 0.333. The number of benzene rings is 1. The van der Waals surface area contributed by atoms with Crippen molar-refractivity contribution in [3.63, 3.8) is 0 Å². The van der Waals surface area contributed by atoms with Crippen molar-refractivity contribution in [1.29, 1.82) is 0 Å². The van der Waals surface area contributed by atoms with Crippen molar-refractivity contribution < 1.29 is 9.84 Å². The van der Waals surface area contributed by atoms with E-state index in [1.807, 2.05) is 18.2 Å². The summed E-state index contributed by atoms with van der Waals surface area (Å²) in [4.78, 5) is 0. The van der Waals surface area contributed by atoms with Crippen LogP contribution in [0.25, 0.3) is 0 Å². The first-order chi connectivity index (χ1) is 5.65. The van der Waals surface area contributed by atoms with Crippen molar-refractivity contribution in [2.75, 3.05) is 7.11 Å². The fourth-order valence-corrected chi connectivity index (χ4v) is 1.50. The summed E-state index contributed by atoms with van der Waals surface area (Å²) in [5.41, 5.74) is 0.877. The second-order valence-corrected chi connectivity index (χ2v) is 3.42. The number of rotatable bonds is 2. The summed E-state index contributed by atoms with van der Waals surface area (Å²) >= 11 is 3.34. The van der Waals surface area contributed by atoms with Gasteiger partial charge in [-0.3, -0.25) is 0 Å². The Kier molecular flexibility index (Phi) is 3.12. The van der Waals surface area contributed by atoms with Crippen LogP contribution in [-0.4, -0.2) is 12.2 Å².